The lowest BCUT2D eigenvalue weighted by atomic mass is 10.2. The van der Waals surface area contributed by atoms with Gasteiger partial charge in [0.2, 0.25) is 10.0 Å². The minimum absolute atomic E-state index is 0.169. The normalized spacial score (nSPS) is 15.5. The van der Waals surface area contributed by atoms with Gasteiger partial charge in [-0.05, 0) is 63.2 Å². The Morgan fingerprint density at radius 1 is 1.27 bits per heavy atom. The first-order chi connectivity index (χ1) is 12.4. The van der Waals surface area contributed by atoms with Gasteiger partial charge in [0, 0.05) is 31.4 Å². The van der Waals surface area contributed by atoms with E-state index < -0.39 is 10.0 Å². The fraction of sp³-hybridized carbons (Fsp3) is 0.556. The van der Waals surface area contributed by atoms with Crippen LogP contribution < -0.4 is 5.32 Å². The van der Waals surface area contributed by atoms with Gasteiger partial charge >= 0.3 is 0 Å². The lowest BCUT2D eigenvalue weighted by Crippen LogP contribution is -2.40. The Labute approximate surface area is 161 Å². The second-order valence-electron chi connectivity index (χ2n) is 6.61. The van der Waals surface area contributed by atoms with E-state index in [-0.39, 0.29) is 6.04 Å². The molecule has 8 heteroatoms. The number of nitrogens with zero attached hydrogens (tertiary/aromatic N) is 3. The molecule has 1 aromatic rings. The third kappa shape index (κ3) is 5.16. The summed E-state index contributed by atoms with van der Waals surface area (Å²) in [5.41, 5.74) is 0.732. The molecule has 1 aliphatic rings. The molecule has 1 saturated heterocycles. The molecule has 142 valence electrons. The average Bonchev–Trinajstić information content (AvgIpc) is 2.63. The van der Waals surface area contributed by atoms with Crippen molar-refractivity contribution in [3.63, 3.8) is 0 Å². The van der Waals surface area contributed by atoms with Crippen LogP contribution in [-0.4, -0.2) is 48.4 Å². The molecule has 0 atom stereocenters. The number of piperidine rings is 1. The summed E-state index contributed by atoms with van der Waals surface area (Å²) in [4.78, 5) is 2.25. The van der Waals surface area contributed by atoms with Crippen LogP contribution in [0.5, 0.6) is 0 Å². The molecule has 2 rings (SSSR count). The van der Waals surface area contributed by atoms with E-state index in [9.17, 15) is 8.42 Å². The zero-order chi connectivity index (χ0) is 19.2. The Balaban J connectivity index is 2.06. The van der Waals surface area contributed by atoms with Crippen LogP contribution in [0.3, 0.4) is 0 Å². The smallest absolute Gasteiger partial charge is 0.243 e. The van der Waals surface area contributed by atoms with Crippen molar-refractivity contribution in [2.75, 3.05) is 25.0 Å². The van der Waals surface area contributed by atoms with Gasteiger partial charge in [0.1, 0.15) is 0 Å². The van der Waals surface area contributed by atoms with Gasteiger partial charge < -0.3 is 10.2 Å². The molecule has 1 aromatic carbocycles. The molecule has 26 heavy (non-hydrogen) atoms. The zero-order valence-corrected chi connectivity index (χ0v) is 16.9. The SMILES string of the molecule is CC(C)N(CCC#N)C(=S)Nc1ccc(S(=O)(=O)N2CCCCC2)cc1. The summed E-state index contributed by atoms with van der Waals surface area (Å²) in [6, 6.07) is 8.98. The quantitative estimate of drug-likeness (QED) is 0.747. The van der Waals surface area contributed by atoms with Crippen molar-refractivity contribution in [3.05, 3.63) is 24.3 Å². The third-order valence-electron chi connectivity index (χ3n) is 4.41. The summed E-state index contributed by atoms with van der Waals surface area (Å²) < 4.78 is 26.9. The second-order valence-corrected chi connectivity index (χ2v) is 8.94. The van der Waals surface area contributed by atoms with Crippen LogP contribution in [0.1, 0.15) is 39.5 Å². The highest BCUT2D eigenvalue weighted by atomic mass is 32.2. The Kier molecular flexibility index (Phi) is 7.38. The van der Waals surface area contributed by atoms with E-state index in [0.29, 0.717) is 36.1 Å². The molecule has 6 nitrogen and oxygen atoms in total. The van der Waals surface area contributed by atoms with E-state index in [2.05, 4.69) is 11.4 Å². The topological polar surface area (TPSA) is 76.4 Å². The van der Waals surface area contributed by atoms with E-state index in [4.69, 9.17) is 17.5 Å². The number of thiocarbonyl (C=S) groups is 1. The molecule has 1 aliphatic heterocycles. The maximum absolute atomic E-state index is 12.7. The van der Waals surface area contributed by atoms with Crippen LogP contribution in [0.2, 0.25) is 0 Å². The molecule has 0 saturated carbocycles. The van der Waals surface area contributed by atoms with Gasteiger partial charge in [-0.25, -0.2) is 8.42 Å². The maximum Gasteiger partial charge on any atom is 0.243 e. The predicted molar refractivity (Wildman–Crippen MR) is 107 cm³/mol. The van der Waals surface area contributed by atoms with Crippen LogP contribution in [0.25, 0.3) is 0 Å². The van der Waals surface area contributed by atoms with Crippen molar-refractivity contribution < 1.29 is 8.42 Å². The monoisotopic (exact) mass is 394 g/mol. The molecule has 1 heterocycles. The van der Waals surface area contributed by atoms with Crippen molar-refractivity contribution in [1.29, 1.82) is 5.26 Å². The molecule has 0 spiro atoms. The zero-order valence-electron chi connectivity index (χ0n) is 15.3. The van der Waals surface area contributed by atoms with E-state index in [1.165, 1.54) is 0 Å². The standard InChI is InChI=1S/C18H26N4O2S2/c1-15(2)22(14-6-11-19)18(25)20-16-7-9-17(10-8-16)26(23,24)21-12-4-3-5-13-21/h7-10,15H,3-6,12-14H2,1-2H3,(H,20,25). The maximum atomic E-state index is 12.7. The minimum Gasteiger partial charge on any atom is -0.346 e. The van der Waals surface area contributed by atoms with Gasteiger partial charge in [-0.1, -0.05) is 6.42 Å². The van der Waals surface area contributed by atoms with Gasteiger partial charge in [-0.2, -0.15) is 9.57 Å². The van der Waals surface area contributed by atoms with Crippen LogP contribution >= 0.6 is 12.2 Å². The molecular formula is C18H26N4O2S2. The number of hydrogen-bond acceptors (Lipinski definition) is 4. The highest BCUT2D eigenvalue weighted by Gasteiger charge is 2.25. The third-order valence-corrected chi connectivity index (χ3v) is 6.66. The Hall–Kier alpha value is -1.69. The van der Waals surface area contributed by atoms with Crippen LogP contribution in [-0.2, 0) is 10.0 Å². The van der Waals surface area contributed by atoms with Crippen LogP contribution in [0.15, 0.2) is 29.2 Å². The molecule has 0 aromatic heterocycles. The number of benzene rings is 1. The number of nitriles is 1. The van der Waals surface area contributed by atoms with Gasteiger partial charge in [-0.15, -0.1) is 0 Å². The summed E-state index contributed by atoms with van der Waals surface area (Å²) in [7, 11) is -3.42. The van der Waals surface area contributed by atoms with E-state index in [1.807, 2.05) is 18.7 Å². The molecule has 1 N–H and O–H groups in total. The molecule has 0 unspecified atom stereocenters. The van der Waals surface area contributed by atoms with Crippen LogP contribution in [0.4, 0.5) is 5.69 Å². The van der Waals surface area contributed by atoms with E-state index in [1.54, 1.807) is 28.6 Å². The first kappa shape index (κ1) is 20.6. The molecule has 1 fully saturated rings. The van der Waals surface area contributed by atoms with E-state index >= 15 is 0 Å². The number of sulfonamides is 1. The Morgan fingerprint density at radius 2 is 1.88 bits per heavy atom. The van der Waals surface area contributed by atoms with Crippen molar-refractivity contribution in [2.45, 2.75) is 50.5 Å². The summed E-state index contributed by atoms with van der Waals surface area (Å²) in [6.45, 7) is 5.77. The lowest BCUT2D eigenvalue weighted by molar-refractivity contribution is 0.346. The highest BCUT2D eigenvalue weighted by Crippen LogP contribution is 2.22. The number of anilines is 1. The largest absolute Gasteiger partial charge is 0.346 e. The van der Waals surface area contributed by atoms with Crippen molar-refractivity contribution >= 4 is 33.0 Å². The molecule has 0 radical (unpaired) electrons. The van der Waals surface area contributed by atoms with Gasteiger partial charge in [0.05, 0.1) is 17.4 Å². The Morgan fingerprint density at radius 3 is 2.42 bits per heavy atom. The first-order valence-corrected chi connectivity index (χ1v) is 10.8. The van der Waals surface area contributed by atoms with Gasteiger partial charge in [0.25, 0.3) is 0 Å². The summed E-state index contributed by atoms with van der Waals surface area (Å²) in [5, 5.41) is 12.4. The number of rotatable bonds is 6. The van der Waals surface area contributed by atoms with Crippen molar-refractivity contribution in [3.8, 4) is 6.07 Å². The van der Waals surface area contributed by atoms with Gasteiger partial charge in [-0.3, -0.25) is 0 Å². The fourth-order valence-electron chi connectivity index (χ4n) is 2.92. The van der Waals surface area contributed by atoms with Crippen molar-refractivity contribution in [2.24, 2.45) is 0 Å². The fourth-order valence-corrected chi connectivity index (χ4v) is 4.86. The van der Waals surface area contributed by atoms with Crippen molar-refractivity contribution in [1.82, 2.24) is 9.21 Å². The summed E-state index contributed by atoms with van der Waals surface area (Å²) >= 11 is 5.43. The molecular weight excluding hydrogens is 368 g/mol. The summed E-state index contributed by atoms with van der Waals surface area (Å²) in [5.74, 6) is 0. The van der Waals surface area contributed by atoms with E-state index in [0.717, 1.165) is 24.9 Å². The number of hydrogen-bond donors (Lipinski definition) is 1. The molecule has 0 bridgehead atoms. The first-order valence-electron chi connectivity index (χ1n) is 8.91. The summed E-state index contributed by atoms with van der Waals surface area (Å²) in [6.07, 6.45) is 3.32. The predicted octanol–water partition coefficient (Wildman–Crippen LogP) is 3.18. The van der Waals surface area contributed by atoms with Crippen LogP contribution in [0, 0.1) is 11.3 Å². The highest BCUT2D eigenvalue weighted by molar-refractivity contribution is 7.89. The number of nitrogens with one attached hydrogen (secondary N) is 1. The van der Waals surface area contributed by atoms with Gasteiger partial charge in [0.15, 0.2) is 5.11 Å². The second kappa shape index (κ2) is 9.31. The lowest BCUT2D eigenvalue weighted by Gasteiger charge is -2.29. The minimum atomic E-state index is -3.42. The molecule has 0 aliphatic carbocycles. The molecule has 0 amide bonds. The Bertz CT molecular complexity index is 748. The average molecular weight is 395 g/mol.